The fourth-order valence-electron chi connectivity index (χ4n) is 3.65. The van der Waals surface area contributed by atoms with Crippen LogP contribution in [0.2, 0.25) is 0 Å². The summed E-state index contributed by atoms with van der Waals surface area (Å²) in [5.74, 6) is 2.35. The Hall–Kier alpha value is -3.00. The maximum atomic E-state index is 13.2. The lowest BCUT2D eigenvalue weighted by Crippen LogP contribution is -2.48. The second kappa shape index (κ2) is 9.43. The summed E-state index contributed by atoms with van der Waals surface area (Å²) in [5, 5.41) is 4.75. The van der Waals surface area contributed by atoms with Crippen LogP contribution in [0.3, 0.4) is 0 Å². The van der Waals surface area contributed by atoms with Gasteiger partial charge in [-0.25, -0.2) is 4.98 Å². The number of aromatic nitrogens is 2. The summed E-state index contributed by atoms with van der Waals surface area (Å²) in [4.78, 5) is 21.9. The molecule has 162 valence electrons. The van der Waals surface area contributed by atoms with Gasteiger partial charge in [-0.05, 0) is 50.2 Å². The van der Waals surface area contributed by atoms with Gasteiger partial charge in [0.2, 0.25) is 0 Å². The topological polar surface area (TPSA) is 71.7 Å². The molecule has 1 saturated heterocycles. The Bertz CT molecular complexity index is 1020. The second-order valence-corrected chi connectivity index (χ2v) is 8.39. The lowest BCUT2D eigenvalue weighted by atomic mass is 10.2. The summed E-state index contributed by atoms with van der Waals surface area (Å²) in [6.45, 7) is 6.77. The van der Waals surface area contributed by atoms with Crippen molar-refractivity contribution in [1.29, 1.82) is 0 Å². The van der Waals surface area contributed by atoms with Gasteiger partial charge >= 0.3 is 0 Å². The van der Waals surface area contributed by atoms with Crippen LogP contribution < -0.4 is 9.64 Å². The highest BCUT2D eigenvalue weighted by atomic mass is 32.2. The molecule has 4 rings (SSSR count). The Kier molecular flexibility index (Phi) is 6.46. The SMILES string of the molecule is COc1ccc(N2CCN(C(=O)c3cccnc3SCc3c(C)noc3C)CC2)cc1. The van der Waals surface area contributed by atoms with Crippen LogP contribution in [0.1, 0.15) is 27.4 Å². The minimum Gasteiger partial charge on any atom is -0.497 e. The van der Waals surface area contributed by atoms with Crippen LogP contribution in [0.25, 0.3) is 0 Å². The zero-order chi connectivity index (χ0) is 21.8. The number of ether oxygens (including phenoxy) is 1. The van der Waals surface area contributed by atoms with E-state index in [2.05, 4.69) is 27.2 Å². The van der Waals surface area contributed by atoms with Gasteiger partial charge in [0.1, 0.15) is 16.5 Å². The highest BCUT2D eigenvalue weighted by Gasteiger charge is 2.25. The van der Waals surface area contributed by atoms with E-state index in [0.29, 0.717) is 24.4 Å². The minimum atomic E-state index is 0.0312. The number of anilines is 1. The molecule has 1 aliphatic heterocycles. The maximum Gasteiger partial charge on any atom is 0.256 e. The van der Waals surface area contributed by atoms with Crippen LogP contribution in [0, 0.1) is 13.8 Å². The Morgan fingerprint density at radius 2 is 1.87 bits per heavy atom. The van der Waals surface area contributed by atoms with Crippen LogP contribution in [-0.4, -0.2) is 54.2 Å². The fourth-order valence-corrected chi connectivity index (χ4v) is 4.79. The number of hydrogen-bond acceptors (Lipinski definition) is 7. The van der Waals surface area contributed by atoms with E-state index in [1.165, 1.54) is 0 Å². The number of carbonyl (C=O) groups is 1. The lowest BCUT2D eigenvalue weighted by molar-refractivity contribution is 0.0742. The molecule has 3 aromatic rings. The van der Waals surface area contributed by atoms with Crippen molar-refractivity contribution in [2.75, 3.05) is 38.2 Å². The van der Waals surface area contributed by atoms with Crippen molar-refractivity contribution in [3.63, 3.8) is 0 Å². The molecule has 2 aromatic heterocycles. The van der Waals surface area contributed by atoms with Crippen molar-refractivity contribution in [3.8, 4) is 5.75 Å². The Labute approximate surface area is 186 Å². The predicted octanol–water partition coefficient (Wildman–Crippen LogP) is 3.95. The number of benzene rings is 1. The highest BCUT2D eigenvalue weighted by molar-refractivity contribution is 7.98. The van der Waals surface area contributed by atoms with E-state index in [0.717, 1.165) is 46.6 Å². The molecule has 0 spiro atoms. The molecule has 0 aliphatic carbocycles. The maximum absolute atomic E-state index is 13.2. The van der Waals surface area contributed by atoms with Crippen molar-refractivity contribution in [2.24, 2.45) is 0 Å². The molecule has 0 unspecified atom stereocenters. The molecule has 1 aliphatic rings. The smallest absolute Gasteiger partial charge is 0.256 e. The van der Waals surface area contributed by atoms with Gasteiger partial charge in [-0.3, -0.25) is 4.79 Å². The monoisotopic (exact) mass is 438 g/mol. The normalized spacial score (nSPS) is 14.0. The number of pyridine rings is 1. The average molecular weight is 439 g/mol. The van der Waals surface area contributed by atoms with E-state index in [-0.39, 0.29) is 5.91 Å². The molecular formula is C23H26N4O3S. The van der Waals surface area contributed by atoms with Gasteiger partial charge in [-0.2, -0.15) is 0 Å². The van der Waals surface area contributed by atoms with Gasteiger partial charge in [-0.1, -0.05) is 5.16 Å². The number of nitrogens with zero attached hydrogens (tertiary/aromatic N) is 4. The highest BCUT2D eigenvalue weighted by Crippen LogP contribution is 2.28. The molecule has 0 bridgehead atoms. The number of methoxy groups -OCH3 is 1. The zero-order valence-electron chi connectivity index (χ0n) is 18.0. The third-order valence-corrected chi connectivity index (χ3v) is 6.57. The van der Waals surface area contributed by atoms with Gasteiger partial charge in [0.05, 0.1) is 18.4 Å². The summed E-state index contributed by atoms with van der Waals surface area (Å²) in [5.41, 5.74) is 3.73. The van der Waals surface area contributed by atoms with E-state index in [4.69, 9.17) is 9.26 Å². The molecule has 3 heterocycles. The average Bonchev–Trinajstić information content (AvgIpc) is 3.14. The second-order valence-electron chi connectivity index (χ2n) is 7.42. The summed E-state index contributed by atoms with van der Waals surface area (Å²) in [7, 11) is 1.67. The van der Waals surface area contributed by atoms with Crippen LogP contribution in [0.5, 0.6) is 5.75 Å². The first kappa shape index (κ1) is 21.2. The lowest BCUT2D eigenvalue weighted by Gasteiger charge is -2.36. The summed E-state index contributed by atoms with van der Waals surface area (Å²) >= 11 is 1.55. The molecule has 0 atom stereocenters. The van der Waals surface area contributed by atoms with E-state index in [9.17, 15) is 4.79 Å². The molecule has 0 N–H and O–H groups in total. The Balaban J connectivity index is 1.41. The van der Waals surface area contributed by atoms with Gasteiger partial charge < -0.3 is 19.1 Å². The van der Waals surface area contributed by atoms with E-state index >= 15 is 0 Å². The molecule has 1 fully saturated rings. The number of thioether (sulfide) groups is 1. The zero-order valence-corrected chi connectivity index (χ0v) is 18.8. The summed E-state index contributed by atoms with van der Waals surface area (Å²) in [6, 6.07) is 11.7. The van der Waals surface area contributed by atoms with Gasteiger partial charge in [0.25, 0.3) is 5.91 Å². The first-order chi connectivity index (χ1) is 15.1. The predicted molar refractivity (Wildman–Crippen MR) is 121 cm³/mol. The first-order valence-corrected chi connectivity index (χ1v) is 11.2. The van der Waals surface area contributed by atoms with Gasteiger partial charge in [0, 0.05) is 49.4 Å². The third-order valence-electron chi connectivity index (χ3n) is 5.54. The summed E-state index contributed by atoms with van der Waals surface area (Å²) < 4.78 is 10.5. The van der Waals surface area contributed by atoms with Crippen molar-refractivity contribution in [3.05, 3.63) is 65.2 Å². The number of hydrogen-bond donors (Lipinski definition) is 0. The van der Waals surface area contributed by atoms with Crippen LogP contribution in [-0.2, 0) is 5.75 Å². The van der Waals surface area contributed by atoms with E-state index in [1.807, 2.05) is 43.0 Å². The number of piperazine rings is 1. The fraction of sp³-hybridized carbons (Fsp3) is 0.348. The van der Waals surface area contributed by atoms with Crippen molar-refractivity contribution in [2.45, 2.75) is 24.6 Å². The quantitative estimate of drug-likeness (QED) is 0.540. The molecule has 1 amide bonds. The van der Waals surface area contributed by atoms with Crippen molar-refractivity contribution in [1.82, 2.24) is 15.0 Å². The molecular weight excluding hydrogens is 412 g/mol. The number of rotatable bonds is 6. The number of amides is 1. The Morgan fingerprint density at radius 3 is 2.52 bits per heavy atom. The molecule has 7 nitrogen and oxygen atoms in total. The van der Waals surface area contributed by atoms with Crippen LogP contribution >= 0.6 is 11.8 Å². The molecule has 0 radical (unpaired) electrons. The number of carbonyl (C=O) groups excluding carboxylic acids is 1. The minimum absolute atomic E-state index is 0.0312. The van der Waals surface area contributed by atoms with Crippen molar-refractivity contribution < 1.29 is 14.1 Å². The molecule has 0 saturated carbocycles. The van der Waals surface area contributed by atoms with Gasteiger partial charge in [-0.15, -0.1) is 11.8 Å². The third kappa shape index (κ3) is 4.69. The van der Waals surface area contributed by atoms with E-state index < -0.39 is 0 Å². The molecule has 1 aromatic carbocycles. The standard InChI is InChI=1S/C23H26N4O3S/c1-16-21(17(2)30-25-16)15-31-22-20(5-4-10-24-22)23(28)27-13-11-26(12-14-27)18-6-8-19(29-3)9-7-18/h4-10H,11-15H2,1-3H3. The first-order valence-electron chi connectivity index (χ1n) is 10.2. The molecule has 31 heavy (non-hydrogen) atoms. The van der Waals surface area contributed by atoms with Gasteiger partial charge in [0.15, 0.2) is 0 Å². The molecule has 8 heteroatoms. The summed E-state index contributed by atoms with van der Waals surface area (Å²) in [6.07, 6.45) is 1.73. The Morgan fingerprint density at radius 1 is 1.13 bits per heavy atom. The van der Waals surface area contributed by atoms with Crippen LogP contribution in [0.15, 0.2) is 52.1 Å². The van der Waals surface area contributed by atoms with E-state index in [1.54, 1.807) is 25.1 Å². The number of aryl methyl sites for hydroxylation is 2. The largest absolute Gasteiger partial charge is 0.497 e. The van der Waals surface area contributed by atoms with Crippen LogP contribution in [0.4, 0.5) is 5.69 Å². The van der Waals surface area contributed by atoms with Crippen molar-refractivity contribution >= 4 is 23.4 Å².